The van der Waals surface area contributed by atoms with Crippen molar-refractivity contribution in [1.82, 2.24) is 30.0 Å². The average molecular weight is 391 g/mol. The van der Waals surface area contributed by atoms with E-state index in [9.17, 15) is 4.79 Å². The van der Waals surface area contributed by atoms with Crippen LogP contribution in [0.3, 0.4) is 0 Å². The van der Waals surface area contributed by atoms with Crippen LogP contribution in [0.5, 0.6) is 0 Å². The van der Waals surface area contributed by atoms with Crippen molar-refractivity contribution in [3.05, 3.63) is 65.5 Å². The third kappa shape index (κ3) is 4.67. The van der Waals surface area contributed by atoms with E-state index in [1.807, 2.05) is 49.4 Å². The highest BCUT2D eigenvalue weighted by Crippen LogP contribution is 2.17. The lowest BCUT2D eigenvalue weighted by molar-refractivity contribution is 0.102. The Hall–Kier alpha value is -3.10. The van der Waals surface area contributed by atoms with Gasteiger partial charge in [0.2, 0.25) is 0 Å². The van der Waals surface area contributed by atoms with E-state index in [1.54, 1.807) is 4.68 Å². The van der Waals surface area contributed by atoms with Crippen LogP contribution in [0.4, 0.5) is 5.69 Å². The van der Waals surface area contributed by atoms with Crippen molar-refractivity contribution < 1.29 is 4.79 Å². The maximum atomic E-state index is 12.8. The maximum absolute atomic E-state index is 12.8. The number of carbonyl (C=O) groups is 1. The van der Waals surface area contributed by atoms with Crippen molar-refractivity contribution >= 4 is 11.6 Å². The Morgan fingerprint density at radius 3 is 2.62 bits per heavy atom. The van der Waals surface area contributed by atoms with E-state index >= 15 is 0 Å². The second kappa shape index (κ2) is 8.50. The molecule has 1 aliphatic rings. The number of rotatable bonds is 5. The van der Waals surface area contributed by atoms with Crippen molar-refractivity contribution in [3.8, 4) is 5.69 Å². The fourth-order valence-electron chi connectivity index (χ4n) is 3.46. The molecule has 1 fully saturated rings. The molecule has 8 nitrogen and oxygen atoms in total. The zero-order valence-corrected chi connectivity index (χ0v) is 16.7. The zero-order chi connectivity index (χ0) is 20.2. The summed E-state index contributed by atoms with van der Waals surface area (Å²) in [6.07, 6.45) is 0. The van der Waals surface area contributed by atoms with E-state index in [0.717, 1.165) is 44.0 Å². The first-order valence-electron chi connectivity index (χ1n) is 9.75. The second-order valence-electron chi connectivity index (χ2n) is 7.42. The Bertz CT molecular complexity index is 992. The first-order chi connectivity index (χ1) is 14.1. The smallest absolute Gasteiger partial charge is 0.255 e. The molecule has 0 radical (unpaired) electrons. The molecule has 2 heterocycles. The van der Waals surface area contributed by atoms with Crippen LogP contribution in [-0.2, 0) is 6.54 Å². The van der Waals surface area contributed by atoms with Crippen molar-refractivity contribution in [1.29, 1.82) is 0 Å². The molecule has 0 saturated carbocycles. The van der Waals surface area contributed by atoms with Gasteiger partial charge in [0.1, 0.15) is 0 Å². The summed E-state index contributed by atoms with van der Waals surface area (Å²) in [5, 5.41) is 14.5. The fraction of sp³-hybridized carbons (Fsp3) is 0.333. The number of hydrogen-bond donors (Lipinski definition) is 1. The summed E-state index contributed by atoms with van der Waals surface area (Å²) in [7, 11) is 2.15. The lowest BCUT2D eigenvalue weighted by Crippen LogP contribution is -2.43. The van der Waals surface area contributed by atoms with Crippen molar-refractivity contribution in [2.75, 3.05) is 38.5 Å². The molecule has 1 N–H and O–H groups in total. The second-order valence-corrected chi connectivity index (χ2v) is 7.42. The van der Waals surface area contributed by atoms with Gasteiger partial charge >= 0.3 is 0 Å². The summed E-state index contributed by atoms with van der Waals surface area (Å²) >= 11 is 0. The van der Waals surface area contributed by atoms with Gasteiger partial charge in [0.05, 0.1) is 5.69 Å². The van der Waals surface area contributed by atoms with Crippen LogP contribution in [0.2, 0.25) is 0 Å². The van der Waals surface area contributed by atoms with Gasteiger partial charge in [-0.1, -0.05) is 18.2 Å². The maximum Gasteiger partial charge on any atom is 0.255 e. The van der Waals surface area contributed by atoms with E-state index in [2.05, 4.69) is 43.8 Å². The predicted molar refractivity (Wildman–Crippen MR) is 111 cm³/mol. The molecule has 1 amide bonds. The van der Waals surface area contributed by atoms with Crippen LogP contribution < -0.4 is 5.32 Å². The molecule has 29 heavy (non-hydrogen) atoms. The summed E-state index contributed by atoms with van der Waals surface area (Å²) in [6.45, 7) is 6.96. The molecule has 0 atom stereocenters. The topological polar surface area (TPSA) is 79.2 Å². The Kier molecular flexibility index (Phi) is 5.64. The first-order valence-corrected chi connectivity index (χ1v) is 9.75. The monoisotopic (exact) mass is 391 g/mol. The number of anilines is 1. The number of likely N-dealkylation sites (N-methyl/N-ethyl adjacent to an activating group) is 1. The number of aryl methyl sites for hydroxylation is 1. The Morgan fingerprint density at radius 1 is 1.07 bits per heavy atom. The van der Waals surface area contributed by atoms with Gasteiger partial charge in [-0.2, -0.15) is 4.68 Å². The highest BCUT2D eigenvalue weighted by molar-refractivity contribution is 6.04. The van der Waals surface area contributed by atoms with E-state index < -0.39 is 0 Å². The van der Waals surface area contributed by atoms with Crippen LogP contribution in [0.25, 0.3) is 5.69 Å². The van der Waals surface area contributed by atoms with E-state index in [1.165, 1.54) is 0 Å². The summed E-state index contributed by atoms with van der Waals surface area (Å²) in [4.78, 5) is 17.6. The predicted octanol–water partition coefficient (Wildman–Crippen LogP) is 1.97. The van der Waals surface area contributed by atoms with Crippen LogP contribution in [-0.4, -0.2) is 69.1 Å². The summed E-state index contributed by atoms with van der Waals surface area (Å²) in [5.74, 6) is 0.556. The van der Waals surface area contributed by atoms with Crippen LogP contribution in [0, 0.1) is 6.92 Å². The number of benzene rings is 2. The molecule has 0 bridgehead atoms. The van der Waals surface area contributed by atoms with Crippen molar-refractivity contribution in [3.63, 3.8) is 0 Å². The van der Waals surface area contributed by atoms with Crippen molar-refractivity contribution in [2.45, 2.75) is 13.5 Å². The minimum Gasteiger partial charge on any atom is -0.322 e. The molecule has 0 unspecified atom stereocenters. The van der Waals surface area contributed by atoms with Gasteiger partial charge in [0.15, 0.2) is 5.82 Å². The molecule has 3 aromatic rings. The van der Waals surface area contributed by atoms with Gasteiger partial charge < -0.3 is 10.2 Å². The molecular weight excluding hydrogens is 366 g/mol. The highest BCUT2D eigenvalue weighted by Gasteiger charge is 2.15. The molecule has 8 heteroatoms. The van der Waals surface area contributed by atoms with Crippen molar-refractivity contribution in [2.24, 2.45) is 0 Å². The standard InChI is InChI=1S/C21H25N7O/c1-16-23-24-25-28(16)20-8-4-7-19(14-20)22-21(29)18-6-3-5-17(13-18)15-27-11-9-26(2)10-12-27/h3-8,13-14H,9-12,15H2,1-2H3,(H,22,29). The van der Waals surface area contributed by atoms with Crippen LogP contribution >= 0.6 is 0 Å². The van der Waals surface area contributed by atoms with Crippen LogP contribution in [0.1, 0.15) is 21.7 Å². The number of aromatic nitrogens is 4. The number of piperazine rings is 1. The van der Waals surface area contributed by atoms with E-state index in [-0.39, 0.29) is 5.91 Å². The lowest BCUT2D eigenvalue weighted by Gasteiger charge is -2.32. The average Bonchev–Trinajstić information content (AvgIpc) is 3.16. The zero-order valence-electron chi connectivity index (χ0n) is 16.7. The number of hydrogen-bond acceptors (Lipinski definition) is 6. The number of carbonyl (C=O) groups excluding carboxylic acids is 1. The number of nitrogens with zero attached hydrogens (tertiary/aromatic N) is 6. The highest BCUT2D eigenvalue weighted by atomic mass is 16.1. The van der Waals surface area contributed by atoms with Crippen LogP contribution in [0.15, 0.2) is 48.5 Å². The van der Waals surface area contributed by atoms with E-state index in [0.29, 0.717) is 17.1 Å². The third-order valence-corrected chi connectivity index (χ3v) is 5.17. The molecule has 2 aromatic carbocycles. The van der Waals surface area contributed by atoms with Gasteiger partial charge in [-0.05, 0) is 60.3 Å². The molecule has 0 aliphatic carbocycles. The molecule has 4 rings (SSSR count). The molecule has 150 valence electrons. The normalized spacial score (nSPS) is 15.4. The molecular formula is C21H25N7O. The Balaban J connectivity index is 1.44. The fourth-order valence-corrected chi connectivity index (χ4v) is 3.46. The Labute approximate surface area is 170 Å². The number of amides is 1. The number of tetrazole rings is 1. The van der Waals surface area contributed by atoms with Gasteiger partial charge in [-0.15, -0.1) is 5.10 Å². The van der Waals surface area contributed by atoms with Gasteiger partial charge in [-0.3, -0.25) is 9.69 Å². The van der Waals surface area contributed by atoms with Gasteiger partial charge in [0, 0.05) is 44.0 Å². The Morgan fingerprint density at radius 2 is 1.86 bits per heavy atom. The minimum atomic E-state index is -0.129. The molecule has 1 aliphatic heterocycles. The molecule has 1 saturated heterocycles. The SMILES string of the molecule is Cc1nnnn1-c1cccc(NC(=O)c2cccc(CN3CCN(C)CC3)c2)c1. The third-order valence-electron chi connectivity index (χ3n) is 5.17. The largest absolute Gasteiger partial charge is 0.322 e. The van der Waals surface area contributed by atoms with Gasteiger partial charge in [-0.25, -0.2) is 0 Å². The molecule has 0 spiro atoms. The summed E-state index contributed by atoms with van der Waals surface area (Å²) in [5.41, 5.74) is 3.31. The lowest BCUT2D eigenvalue weighted by atomic mass is 10.1. The summed E-state index contributed by atoms with van der Waals surface area (Å²) in [6, 6.07) is 15.3. The van der Waals surface area contributed by atoms with E-state index in [4.69, 9.17) is 0 Å². The molecule has 1 aromatic heterocycles. The first kappa shape index (κ1) is 19.2. The summed E-state index contributed by atoms with van der Waals surface area (Å²) < 4.78 is 1.63. The van der Waals surface area contributed by atoms with Gasteiger partial charge in [0.25, 0.3) is 5.91 Å². The number of nitrogens with one attached hydrogen (secondary N) is 1. The minimum absolute atomic E-state index is 0.129. The quantitative estimate of drug-likeness (QED) is 0.716.